The number of ether oxygens (including phenoxy) is 1. The first-order chi connectivity index (χ1) is 8.16. The predicted octanol–water partition coefficient (Wildman–Crippen LogP) is 1.68. The zero-order valence-corrected chi connectivity index (χ0v) is 9.98. The zero-order chi connectivity index (χ0) is 12.3. The Morgan fingerprint density at radius 3 is 3.06 bits per heavy atom. The van der Waals surface area contributed by atoms with Crippen molar-refractivity contribution < 1.29 is 9.53 Å². The molecule has 4 nitrogen and oxygen atoms in total. The summed E-state index contributed by atoms with van der Waals surface area (Å²) in [5.41, 5.74) is 7.62. The van der Waals surface area contributed by atoms with Crippen LogP contribution < -0.4 is 11.1 Å². The third-order valence-corrected chi connectivity index (χ3v) is 2.98. The van der Waals surface area contributed by atoms with E-state index in [-0.39, 0.29) is 17.9 Å². The van der Waals surface area contributed by atoms with Gasteiger partial charge in [0.05, 0.1) is 12.5 Å². The Kier molecular flexibility index (Phi) is 3.76. The molecule has 92 valence electrons. The summed E-state index contributed by atoms with van der Waals surface area (Å²) in [6, 6.07) is 7.62. The lowest BCUT2D eigenvalue weighted by Gasteiger charge is -2.11. The van der Waals surface area contributed by atoms with Crippen LogP contribution in [0.1, 0.15) is 24.9 Å². The third kappa shape index (κ3) is 3.05. The minimum Gasteiger partial charge on any atom is -0.381 e. The Bertz CT molecular complexity index is 398. The minimum atomic E-state index is -0.0262. The summed E-state index contributed by atoms with van der Waals surface area (Å²) in [7, 11) is 0. The fourth-order valence-electron chi connectivity index (χ4n) is 1.89. The highest BCUT2D eigenvalue weighted by Gasteiger charge is 2.23. The molecule has 0 bridgehead atoms. The van der Waals surface area contributed by atoms with E-state index in [4.69, 9.17) is 10.5 Å². The molecule has 0 radical (unpaired) electrons. The van der Waals surface area contributed by atoms with Gasteiger partial charge < -0.3 is 15.8 Å². The topological polar surface area (TPSA) is 64.3 Å². The van der Waals surface area contributed by atoms with Gasteiger partial charge in [-0.1, -0.05) is 12.1 Å². The summed E-state index contributed by atoms with van der Waals surface area (Å²) in [4.78, 5) is 11.9. The van der Waals surface area contributed by atoms with E-state index in [0.717, 1.165) is 17.7 Å². The first-order valence-electron chi connectivity index (χ1n) is 5.91. The number of nitrogens with two attached hydrogens (primary N) is 1. The van der Waals surface area contributed by atoms with Crippen LogP contribution in [0.15, 0.2) is 24.3 Å². The summed E-state index contributed by atoms with van der Waals surface area (Å²) in [5, 5.41) is 2.90. The molecule has 1 fully saturated rings. The normalized spacial score (nSPS) is 21.2. The second kappa shape index (κ2) is 5.29. The molecule has 1 aliphatic rings. The summed E-state index contributed by atoms with van der Waals surface area (Å²) in [5.74, 6) is 0.0123. The van der Waals surface area contributed by atoms with E-state index in [1.165, 1.54) is 0 Å². The number of anilines is 1. The van der Waals surface area contributed by atoms with Gasteiger partial charge in [0.2, 0.25) is 5.91 Å². The zero-order valence-electron chi connectivity index (χ0n) is 9.98. The maximum Gasteiger partial charge on any atom is 0.229 e. The van der Waals surface area contributed by atoms with Gasteiger partial charge in [0.1, 0.15) is 0 Å². The van der Waals surface area contributed by atoms with Gasteiger partial charge in [-0.25, -0.2) is 0 Å². The largest absolute Gasteiger partial charge is 0.381 e. The molecule has 3 N–H and O–H groups in total. The molecule has 2 unspecified atom stereocenters. The molecular weight excluding hydrogens is 216 g/mol. The number of amides is 1. The van der Waals surface area contributed by atoms with E-state index < -0.39 is 0 Å². The van der Waals surface area contributed by atoms with Gasteiger partial charge in [-0.05, 0) is 31.0 Å². The Labute approximate surface area is 101 Å². The smallest absolute Gasteiger partial charge is 0.229 e. The van der Waals surface area contributed by atoms with Crippen LogP contribution in [-0.4, -0.2) is 19.1 Å². The molecule has 1 saturated heterocycles. The Morgan fingerprint density at radius 1 is 1.59 bits per heavy atom. The molecule has 1 aromatic carbocycles. The van der Waals surface area contributed by atoms with Gasteiger partial charge in [0.25, 0.3) is 0 Å². The summed E-state index contributed by atoms with van der Waals surface area (Å²) in [6.07, 6.45) is 0.804. The molecule has 17 heavy (non-hydrogen) atoms. The van der Waals surface area contributed by atoms with Crippen LogP contribution in [0, 0.1) is 5.92 Å². The van der Waals surface area contributed by atoms with E-state index >= 15 is 0 Å². The SMILES string of the molecule is CC(N)c1cccc(NC(=O)C2CCOC2)c1. The van der Waals surface area contributed by atoms with Crippen molar-refractivity contribution in [3.05, 3.63) is 29.8 Å². The highest BCUT2D eigenvalue weighted by atomic mass is 16.5. The predicted molar refractivity (Wildman–Crippen MR) is 66.6 cm³/mol. The standard InChI is InChI=1S/C13H18N2O2/c1-9(14)10-3-2-4-12(7-10)15-13(16)11-5-6-17-8-11/h2-4,7,9,11H,5-6,8,14H2,1H3,(H,15,16). The fraction of sp³-hybridized carbons (Fsp3) is 0.462. The lowest BCUT2D eigenvalue weighted by molar-refractivity contribution is -0.119. The number of hydrogen-bond acceptors (Lipinski definition) is 3. The Balaban J connectivity index is 2.02. The monoisotopic (exact) mass is 234 g/mol. The second-order valence-electron chi connectivity index (χ2n) is 4.46. The third-order valence-electron chi connectivity index (χ3n) is 2.98. The molecule has 0 aliphatic carbocycles. The average molecular weight is 234 g/mol. The highest BCUT2D eigenvalue weighted by Crippen LogP contribution is 2.18. The first kappa shape index (κ1) is 12.1. The fourth-order valence-corrected chi connectivity index (χ4v) is 1.89. The number of carbonyl (C=O) groups excluding carboxylic acids is 1. The van der Waals surface area contributed by atoms with E-state index in [0.29, 0.717) is 13.2 Å². The maximum atomic E-state index is 11.9. The van der Waals surface area contributed by atoms with E-state index in [2.05, 4.69) is 5.32 Å². The van der Waals surface area contributed by atoms with Crippen molar-refractivity contribution in [3.63, 3.8) is 0 Å². The number of benzene rings is 1. The molecule has 1 aromatic rings. The van der Waals surface area contributed by atoms with Crippen LogP contribution in [0.5, 0.6) is 0 Å². The summed E-state index contributed by atoms with van der Waals surface area (Å²) < 4.78 is 5.20. The lowest BCUT2D eigenvalue weighted by Crippen LogP contribution is -2.22. The van der Waals surface area contributed by atoms with Gasteiger partial charge in [-0.2, -0.15) is 0 Å². The molecule has 0 spiro atoms. The Hall–Kier alpha value is -1.39. The molecule has 1 aliphatic heterocycles. The van der Waals surface area contributed by atoms with Crippen molar-refractivity contribution in [3.8, 4) is 0 Å². The molecule has 2 atom stereocenters. The molecule has 2 rings (SSSR count). The molecule has 4 heteroatoms. The van der Waals surface area contributed by atoms with Crippen LogP contribution in [0.3, 0.4) is 0 Å². The number of nitrogens with one attached hydrogen (secondary N) is 1. The van der Waals surface area contributed by atoms with Crippen LogP contribution in [0.2, 0.25) is 0 Å². The van der Waals surface area contributed by atoms with Crippen LogP contribution in [-0.2, 0) is 9.53 Å². The van der Waals surface area contributed by atoms with Gasteiger partial charge in [0.15, 0.2) is 0 Å². The van der Waals surface area contributed by atoms with Crippen molar-refractivity contribution in [2.45, 2.75) is 19.4 Å². The number of rotatable bonds is 3. The quantitative estimate of drug-likeness (QED) is 0.836. The van der Waals surface area contributed by atoms with Crippen molar-refractivity contribution in [1.82, 2.24) is 0 Å². The second-order valence-corrected chi connectivity index (χ2v) is 4.46. The van der Waals surface area contributed by atoms with Crippen molar-refractivity contribution in [2.75, 3.05) is 18.5 Å². The van der Waals surface area contributed by atoms with Crippen LogP contribution in [0.25, 0.3) is 0 Å². The molecule has 1 amide bonds. The van der Waals surface area contributed by atoms with E-state index in [9.17, 15) is 4.79 Å². The average Bonchev–Trinajstić information content (AvgIpc) is 2.82. The maximum absolute atomic E-state index is 11.9. The Morgan fingerprint density at radius 2 is 2.41 bits per heavy atom. The van der Waals surface area contributed by atoms with Gasteiger partial charge in [-0.3, -0.25) is 4.79 Å². The van der Waals surface area contributed by atoms with Crippen molar-refractivity contribution in [2.24, 2.45) is 11.7 Å². The first-order valence-corrected chi connectivity index (χ1v) is 5.91. The summed E-state index contributed by atoms with van der Waals surface area (Å²) in [6.45, 7) is 3.13. The summed E-state index contributed by atoms with van der Waals surface area (Å²) >= 11 is 0. The number of carbonyl (C=O) groups is 1. The minimum absolute atomic E-state index is 0.0195. The van der Waals surface area contributed by atoms with Crippen molar-refractivity contribution in [1.29, 1.82) is 0 Å². The van der Waals surface area contributed by atoms with Crippen LogP contribution in [0.4, 0.5) is 5.69 Å². The molecule has 0 aromatic heterocycles. The number of hydrogen-bond donors (Lipinski definition) is 2. The van der Waals surface area contributed by atoms with E-state index in [1.807, 2.05) is 31.2 Å². The van der Waals surface area contributed by atoms with E-state index in [1.54, 1.807) is 0 Å². The van der Waals surface area contributed by atoms with Gasteiger partial charge in [-0.15, -0.1) is 0 Å². The molecule has 0 saturated carbocycles. The van der Waals surface area contributed by atoms with Gasteiger partial charge in [0, 0.05) is 18.3 Å². The lowest BCUT2D eigenvalue weighted by atomic mass is 10.1. The van der Waals surface area contributed by atoms with Crippen LogP contribution >= 0.6 is 0 Å². The van der Waals surface area contributed by atoms with Crippen molar-refractivity contribution >= 4 is 11.6 Å². The highest BCUT2D eigenvalue weighted by molar-refractivity contribution is 5.92. The molecule has 1 heterocycles. The molecular formula is C13H18N2O2. The van der Waals surface area contributed by atoms with Gasteiger partial charge >= 0.3 is 0 Å².